The summed E-state index contributed by atoms with van der Waals surface area (Å²) in [4.78, 5) is 6.75. The van der Waals surface area contributed by atoms with Gasteiger partial charge in [0.2, 0.25) is 0 Å². The lowest BCUT2D eigenvalue weighted by Crippen LogP contribution is -2.35. The number of aryl methyl sites for hydroxylation is 1. The van der Waals surface area contributed by atoms with Gasteiger partial charge < -0.3 is 5.11 Å². The molecule has 0 amide bonds. The van der Waals surface area contributed by atoms with Gasteiger partial charge >= 0.3 is 0 Å². The number of benzene rings is 1. The van der Waals surface area contributed by atoms with Crippen molar-refractivity contribution in [1.82, 2.24) is 19.7 Å². The number of nitrogens with zero attached hydrogens (tertiary/aromatic N) is 4. The van der Waals surface area contributed by atoms with Gasteiger partial charge in [0.15, 0.2) is 0 Å². The second kappa shape index (κ2) is 8.03. The van der Waals surface area contributed by atoms with Crippen LogP contribution in [0.4, 0.5) is 0 Å². The summed E-state index contributed by atoms with van der Waals surface area (Å²) >= 11 is 0. The lowest BCUT2D eigenvalue weighted by Gasteiger charge is -2.33. The van der Waals surface area contributed by atoms with Crippen molar-refractivity contribution in [1.29, 1.82) is 0 Å². The lowest BCUT2D eigenvalue weighted by molar-refractivity contribution is 0.0540. The number of hydrogen-bond acceptors (Lipinski definition) is 4. The highest BCUT2D eigenvalue weighted by molar-refractivity contribution is 5.35. The first-order chi connectivity index (χ1) is 13.2. The average molecular weight is 362 g/mol. The van der Waals surface area contributed by atoms with Crippen molar-refractivity contribution in [3.8, 4) is 5.69 Å². The topological polar surface area (TPSA) is 54.2 Å². The number of piperidine rings is 1. The molecule has 1 aromatic carbocycles. The Morgan fingerprint density at radius 1 is 1.15 bits per heavy atom. The van der Waals surface area contributed by atoms with E-state index in [-0.39, 0.29) is 5.92 Å². The number of likely N-dealkylation sites (tertiary alicyclic amines) is 1. The Hall–Kier alpha value is -2.50. The fourth-order valence-corrected chi connectivity index (χ4v) is 3.83. The molecular weight excluding hydrogens is 336 g/mol. The molecule has 0 spiro atoms. The molecule has 5 nitrogen and oxygen atoms in total. The van der Waals surface area contributed by atoms with Crippen molar-refractivity contribution in [3.05, 3.63) is 77.9 Å². The predicted molar refractivity (Wildman–Crippen MR) is 105 cm³/mol. The van der Waals surface area contributed by atoms with Gasteiger partial charge in [0, 0.05) is 24.5 Å². The van der Waals surface area contributed by atoms with Crippen LogP contribution in [0.15, 0.2) is 61.1 Å². The van der Waals surface area contributed by atoms with Crippen molar-refractivity contribution in [2.45, 2.75) is 32.4 Å². The summed E-state index contributed by atoms with van der Waals surface area (Å²) in [5.74, 6) is 0.283. The Morgan fingerprint density at radius 2 is 2.00 bits per heavy atom. The summed E-state index contributed by atoms with van der Waals surface area (Å²) in [6.07, 6.45) is 7.34. The van der Waals surface area contributed by atoms with E-state index in [1.807, 2.05) is 29.1 Å². The second-order valence-electron chi connectivity index (χ2n) is 7.45. The van der Waals surface area contributed by atoms with Crippen LogP contribution < -0.4 is 0 Å². The van der Waals surface area contributed by atoms with Gasteiger partial charge in [-0.3, -0.25) is 9.88 Å². The summed E-state index contributed by atoms with van der Waals surface area (Å²) < 4.78 is 1.94. The maximum absolute atomic E-state index is 10.6. The molecule has 1 fully saturated rings. The van der Waals surface area contributed by atoms with Crippen LogP contribution in [-0.4, -0.2) is 37.9 Å². The smallest absolute Gasteiger partial charge is 0.0988 e. The van der Waals surface area contributed by atoms with E-state index in [1.54, 1.807) is 6.20 Å². The Labute approximate surface area is 160 Å². The van der Waals surface area contributed by atoms with Crippen molar-refractivity contribution in [2.24, 2.45) is 5.92 Å². The Balaban J connectivity index is 1.33. The molecule has 27 heavy (non-hydrogen) atoms. The largest absolute Gasteiger partial charge is 0.387 e. The lowest BCUT2D eigenvalue weighted by atomic mass is 9.89. The van der Waals surface area contributed by atoms with E-state index in [1.165, 1.54) is 11.1 Å². The van der Waals surface area contributed by atoms with E-state index in [2.05, 4.69) is 52.4 Å². The van der Waals surface area contributed by atoms with Crippen molar-refractivity contribution >= 4 is 0 Å². The van der Waals surface area contributed by atoms with E-state index in [4.69, 9.17) is 0 Å². The summed E-state index contributed by atoms with van der Waals surface area (Å²) in [7, 11) is 0. The van der Waals surface area contributed by atoms with Crippen LogP contribution in [0, 0.1) is 12.8 Å². The molecule has 5 heteroatoms. The van der Waals surface area contributed by atoms with E-state index in [9.17, 15) is 5.11 Å². The molecule has 3 aromatic rings. The SMILES string of the molecule is Cc1cccc(-n2cc(CN3CCC([C@H](O)c4ccccn4)CC3)cn2)c1. The highest BCUT2D eigenvalue weighted by atomic mass is 16.3. The van der Waals surface area contributed by atoms with Crippen molar-refractivity contribution in [3.63, 3.8) is 0 Å². The van der Waals surface area contributed by atoms with Crippen LogP contribution in [0.1, 0.15) is 35.8 Å². The standard InChI is InChI=1S/C22H26N4O/c1-17-5-4-6-20(13-17)26-16-18(14-24-26)15-25-11-8-19(9-12-25)22(27)21-7-2-3-10-23-21/h2-7,10,13-14,16,19,22,27H,8-9,11-12,15H2,1H3/t22-/m0/s1. The van der Waals surface area contributed by atoms with Crippen LogP contribution in [0.5, 0.6) is 0 Å². The minimum atomic E-state index is -0.461. The van der Waals surface area contributed by atoms with Gasteiger partial charge in [-0.2, -0.15) is 5.10 Å². The van der Waals surface area contributed by atoms with E-state index in [0.29, 0.717) is 0 Å². The molecule has 0 radical (unpaired) electrons. The van der Waals surface area contributed by atoms with Crippen LogP contribution in [0.2, 0.25) is 0 Å². The monoisotopic (exact) mass is 362 g/mol. The summed E-state index contributed by atoms with van der Waals surface area (Å²) in [6, 6.07) is 14.1. The number of rotatable bonds is 5. The van der Waals surface area contributed by atoms with Gasteiger partial charge in [0.25, 0.3) is 0 Å². The Bertz CT molecular complexity index is 869. The molecular formula is C22H26N4O. The van der Waals surface area contributed by atoms with E-state index >= 15 is 0 Å². The molecule has 1 aliphatic rings. The van der Waals surface area contributed by atoms with E-state index < -0.39 is 6.10 Å². The minimum Gasteiger partial charge on any atom is -0.387 e. The molecule has 2 aromatic heterocycles. The number of pyridine rings is 1. The molecule has 1 saturated heterocycles. The van der Waals surface area contributed by atoms with Crippen molar-refractivity contribution in [2.75, 3.05) is 13.1 Å². The van der Waals surface area contributed by atoms with E-state index in [0.717, 1.165) is 43.9 Å². The third-order valence-electron chi connectivity index (χ3n) is 5.38. The van der Waals surface area contributed by atoms with Gasteiger partial charge in [-0.15, -0.1) is 0 Å². The van der Waals surface area contributed by atoms with Crippen LogP contribution in [0.25, 0.3) is 5.69 Å². The summed E-state index contributed by atoms with van der Waals surface area (Å²) in [6.45, 7) is 4.98. The fraction of sp³-hybridized carbons (Fsp3) is 0.364. The molecule has 0 bridgehead atoms. The Morgan fingerprint density at radius 3 is 2.74 bits per heavy atom. The van der Waals surface area contributed by atoms with Gasteiger partial charge in [0.1, 0.15) is 0 Å². The van der Waals surface area contributed by atoms with Crippen LogP contribution in [0.3, 0.4) is 0 Å². The predicted octanol–water partition coefficient (Wildman–Crippen LogP) is 3.52. The molecule has 1 aliphatic heterocycles. The molecule has 3 heterocycles. The summed E-state index contributed by atoms with van der Waals surface area (Å²) in [5.41, 5.74) is 4.34. The fourth-order valence-electron chi connectivity index (χ4n) is 3.83. The van der Waals surface area contributed by atoms with Crippen LogP contribution in [-0.2, 0) is 6.54 Å². The number of aliphatic hydroxyl groups excluding tert-OH is 1. The maximum Gasteiger partial charge on any atom is 0.0988 e. The molecule has 4 rings (SSSR count). The number of hydrogen-bond donors (Lipinski definition) is 1. The van der Waals surface area contributed by atoms with Crippen LogP contribution >= 0.6 is 0 Å². The first kappa shape index (κ1) is 17.9. The Kier molecular flexibility index (Phi) is 5.32. The van der Waals surface area contributed by atoms with Gasteiger partial charge in [-0.1, -0.05) is 18.2 Å². The normalized spacial score (nSPS) is 17.1. The number of aliphatic hydroxyl groups is 1. The zero-order valence-electron chi connectivity index (χ0n) is 15.7. The zero-order valence-corrected chi connectivity index (χ0v) is 15.7. The molecule has 0 unspecified atom stereocenters. The van der Waals surface area contributed by atoms with Gasteiger partial charge in [-0.05, 0) is 68.6 Å². The quantitative estimate of drug-likeness (QED) is 0.754. The zero-order chi connectivity index (χ0) is 18.6. The molecule has 140 valence electrons. The first-order valence-corrected chi connectivity index (χ1v) is 9.61. The third-order valence-corrected chi connectivity index (χ3v) is 5.38. The summed E-state index contributed by atoms with van der Waals surface area (Å²) in [5, 5.41) is 15.1. The molecule has 1 atom stereocenters. The molecule has 0 saturated carbocycles. The van der Waals surface area contributed by atoms with Gasteiger partial charge in [0.05, 0.1) is 23.7 Å². The average Bonchev–Trinajstić information content (AvgIpc) is 3.17. The maximum atomic E-state index is 10.6. The molecule has 0 aliphatic carbocycles. The third kappa shape index (κ3) is 4.26. The second-order valence-corrected chi connectivity index (χ2v) is 7.45. The van der Waals surface area contributed by atoms with Crippen molar-refractivity contribution < 1.29 is 5.11 Å². The molecule has 1 N–H and O–H groups in total. The highest BCUT2D eigenvalue weighted by Gasteiger charge is 2.27. The number of aromatic nitrogens is 3. The first-order valence-electron chi connectivity index (χ1n) is 9.61. The minimum absolute atomic E-state index is 0.283. The highest BCUT2D eigenvalue weighted by Crippen LogP contribution is 2.30. The van der Waals surface area contributed by atoms with Gasteiger partial charge in [-0.25, -0.2) is 4.68 Å².